The predicted octanol–water partition coefficient (Wildman–Crippen LogP) is 1.58. The largest absolute Gasteiger partial charge is 0.481 e. The van der Waals surface area contributed by atoms with Crippen LogP contribution in [0.4, 0.5) is 0 Å². The van der Waals surface area contributed by atoms with E-state index >= 15 is 0 Å². The Balaban J connectivity index is 1.68. The van der Waals surface area contributed by atoms with Crippen LogP contribution >= 0.6 is 0 Å². The smallest absolute Gasteiger partial charge is 0.307 e. The van der Waals surface area contributed by atoms with E-state index in [0.717, 1.165) is 19.3 Å². The first kappa shape index (κ1) is 14.6. The molecule has 0 aromatic heterocycles. The van der Waals surface area contributed by atoms with E-state index in [1.165, 1.54) is 0 Å². The summed E-state index contributed by atoms with van der Waals surface area (Å²) in [7, 11) is 0. The van der Waals surface area contributed by atoms with Crippen molar-refractivity contribution in [1.82, 2.24) is 5.32 Å². The maximum Gasteiger partial charge on any atom is 0.307 e. The number of carbonyl (C=O) groups excluding carboxylic acids is 1. The van der Waals surface area contributed by atoms with Crippen molar-refractivity contribution < 1.29 is 19.4 Å². The topological polar surface area (TPSA) is 75.6 Å². The fourth-order valence-corrected chi connectivity index (χ4v) is 4.17. The van der Waals surface area contributed by atoms with Crippen molar-refractivity contribution in [3.8, 4) is 0 Å². The number of fused-ring (bicyclic) bond motifs is 2. The van der Waals surface area contributed by atoms with Gasteiger partial charge in [-0.2, -0.15) is 0 Å². The molecule has 2 fully saturated rings. The second kappa shape index (κ2) is 5.13. The van der Waals surface area contributed by atoms with E-state index in [-0.39, 0.29) is 29.4 Å². The highest BCUT2D eigenvalue weighted by Gasteiger charge is 2.52. The molecule has 116 valence electrons. The molecule has 5 nitrogen and oxygen atoms in total. The monoisotopic (exact) mass is 293 g/mol. The van der Waals surface area contributed by atoms with Crippen molar-refractivity contribution in [2.45, 2.75) is 44.8 Å². The molecule has 1 aliphatic heterocycles. The Labute approximate surface area is 124 Å². The Kier molecular flexibility index (Phi) is 3.56. The lowest BCUT2D eigenvalue weighted by molar-refractivity contribution is -0.148. The molecule has 1 saturated carbocycles. The van der Waals surface area contributed by atoms with Crippen LogP contribution in [0.25, 0.3) is 0 Å². The van der Waals surface area contributed by atoms with Crippen LogP contribution in [-0.2, 0) is 14.3 Å². The van der Waals surface area contributed by atoms with Crippen LogP contribution in [0.2, 0.25) is 0 Å². The summed E-state index contributed by atoms with van der Waals surface area (Å²) in [4.78, 5) is 24.0. The van der Waals surface area contributed by atoms with E-state index < -0.39 is 17.8 Å². The quantitative estimate of drug-likeness (QED) is 0.775. The third kappa shape index (κ3) is 2.71. The number of rotatable bonds is 3. The van der Waals surface area contributed by atoms with Gasteiger partial charge >= 0.3 is 5.97 Å². The standard InChI is InChI=1S/C16H23NO4/c1-16(2)8-11(5-6-21-16)17-14(18)12-9-3-4-10(7-9)13(12)15(19)20/h3-4,9-13H,5-8H2,1-2H3,(H,17,18)(H,19,20). The molecule has 3 aliphatic rings. The Morgan fingerprint density at radius 3 is 2.52 bits per heavy atom. The summed E-state index contributed by atoms with van der Waals surface area (Å²) in [5.41, 5.74) is -0.225. The summed E-state index contributed by atoms with van der Waals surface area (Å²) in [5.74, 6) is -1.81. The normalized spacial score (nSPS) is 40.2. The number of nitrogens with one attached hydrogen (secondary N) is 1. The number of carboxylic acids is 1. The lowest BCUT2D eigenvalue weighted by atomic mass is 9.82. The number of ether oxygens (including phenoxy) is 1. The number of allylic oxidation sites excluding steroid dienone is 2. The summed E-state index contributed by atoms with van der Waals surface area (Å²) in [6, 6.07) is 0.0822. The summed E-state index contributed by atoms with van der Waals surface area (Å²) < 4.78 is 5.65. The van der Waals surface area contributed by atoms with Gasteiger partial charge in [0.2, 0.25) is 5.91 Å². The zero-order chi connectivity index (χ0) is 15.2. The zero-order valence-corrected chi connectivity index (χ0v) is 12.5. The average Bonchev–Trinajstić information content (AvgIpc) is 2.97. The molecule has 0 aromatic rings. The third-order valence-corrected chi connectivity index (χ3v) is 5.09. The molecule has 1 amide bonds. The summed E-state index contributed by atoms with van der Waals surface area (Å²) in [6.07, 6.45) is 6.35. The molecule has 5 unspecified atom stereocenters. The maximum absolute atomic E-state index is 12.6. The minimum Gasteiger partial charge on any atom is -0.481 e. The van der Waals surface area contributed by atoms with Crippen LogP contribution in [0, 0.1) is 23.7 Å². The van der Waals surface area contributed by atoms with Gasteiger partial charge in [-0.05, 0) is 44.9 Å². The second-order valence-electron chi connectivity index (χ2n) is 7.14. The Morgan fingerprint density at radius 1 is 1.24 bits per heavy atom. The van der Waals surface area contributed by atoms with Gasteiger partial charge in [-0.3, -0.25) is 9.59 Å². The lowest BCUT2D eigenvalue weighted by Gasteiger charge is -2.36. The molecule has 2 aliphatic carbocycles. The number of carbonyl (C=O) groups is 2. The van der Waals surface area contributed by atoms with E-state index in [4.69, 9.17) is 4.74 Å². The van der Waals surface area contributed by atoms with E-state index in [1.807, 2.05) is 26.0 Å². The van der Waals surface area contributed by atoms with Gasteiger partial charge in [0.25, 0.3) is 0 Å². The number of hydrogen-bond acceptors (Lipinski definition) is 3. The van der Waals surface area contributed by atoms with Gasteiger partial charge < -0.3 is 15.2 Å². The molecule has 0 spiro atoms. The molecule has 1 heterocycles. The molecular weight excluding hydrogens is 270 g/mol. The summed E-state index contributed by atoms with van der Waals surface area (Å²) in [6.45, 7) is 4.67. The predicted molar refractivity (Wildman–Crippen MR) is 76.5 cm³/mol. The summed E-state index contributed by atoms with van der Waals surface area (Å²) in [5, 5.41) is 12.5. The molecule has 3 rings (SSSR count). The van der Waals surface area contributed by atoms with Crippen LogP contribution in [0.5, 0.6) is 0 Å². The van der Waals surface area contributed by atoms with Gasteiger partial charge in [-0.15, -0.1) is 0 Å². The number of carboxylic acid groups (broad SMARTS) is 1. The SMILES string of the molecule is CC1(C)CC(NC(=O)C2C3C=CC(C3)C2C(=O)O)CCO1. The molecule has 2 bridgehead atoms. The fourth-order valence-electron chi connectivity index (χ4n) is 4.17. The highest BCUT2D eigenvalue weighted by atomic mass is 16.5. The Bertz CT molecular complexity index is 485. The van der Waals surface area contributed by atoms with Crippen LogP contribution in [-0.4, -0.2) is 35.2 Å². The lowest BCUT2D eigenvalue weighted by Crippen LogP contribution is -2.49. The van der Waals surface area contributed by atoms with E-state index in [0.29, 0.717) is 6.61 Å². The minimum absolute atomic E-state index is 0.0226. The van der Waals surface area contributed by atoms with Gasteiger partial charge in [0.1, 0.15) is 0 Å². The maximum atomic E-state index is 12.6. The van der Waals surface area contributed by atoms with Gasteiger partial charge in [-0.25, -0.2) is 0 Å². The van der Waals surface area contributed by atoms with Crippen molar-refractivity contribution in [3.05, 3.63) is 12.2 Å². The van der Waals surface area contributed by atoms with E-state index in [9.17, 15) is 14.7 Å². The van der Waals surface area contributed by atoms with Crippen molar-refractivity contribution in [2.75, 3.05) is 6.61 Å². The summed E-state index contributed by atoms with van der Waals surface area (Å²) >= 11 is 0. The van der Waals surface area contributed by atoms with Crippen LogP contribution in [0.1, 0.15) is 33.1 Å². The van der Waals surface area contributed by atoms with Gasteiger partial charge in [-0.1, -0.05) is 12.2 Å². The number of amides is 1. The second-order valence-corrected chi connectivity index (χ2v) is 7.14. The molecule has 0 radical (unpaired) electrons. The molecule has 5 heteroatoms. The molecule has 0 aromatic carbocycles. The van der Waals surface area contributed by atoms with Crippen LogP contribution in [0.3, 0.4) is 0 Å². The first-order valence-corrected chi connectivity index (χ1v) is 7.73. The van der Waals surface area contributed by atoms with Gasteiger partial charge in [0.15, 0.2) is 0 Å². The highest BCUT2D eigenvalue weighted by Crippen LogP contribution is 2.48. The molecule has 1 saturated heterocycles. The first-order valence-electron chi connectivity index (χ1n) is 7.73. The van der Waals surface area contributed by atoms with Gasteiger partial charge in [0, 0.05) is 12.6 Å². The van der Waals surface area contributed by atoms with Crippen molar-refractivity contribution >= 4 is 11.9 Å². The zero-order valence-electron chi connectivity index (χ0n) is 12.5. The first-order chi connectivity index (χ1) is 9.87. The molecule has 21 heavy (non-hydrogen) atoms. The Morgan fingerprint density at radius 2 is 1.90 bits per heavy atom. The van der Waals surface area contributed by atoms with Crippen molar-refractivity contribution in [2.24, 2.45) is 23.7 Å². The average molecular weight is 293 g/mol. The number of hydrogen-bond donors (Lipinski definition) is 2. The minimum atomic E-state index is -0.848. The molecular formula is C16H23NO4. The number of aliphatic carboxylic acids is 1. The van der Waals surface area contributed by atoms with Crippen molar-refractivity contribution in [3.63, 3.8) is 0 Å². The van der Waals surface area contributed by atoms with Crippen molar-refractivity contribution in [1.29, 1.82) is 0 Å². The van der Waals surface area contributed by atoms with E-state index in [2.05, 4.69) is 5.32 Å². The van der Waals surface area contributed by atoms with Gasteiger partial charge in [0.05, 0.1) is 17.4 Å². The Hall–Kier alpha value is -1.36. The van der Waals surface area contributed by atoms with Crippen LogP contribution in [0.15, 0.2) is 12.2 Å². The highest BCUT2D eigenvalue weighted by molar-refractivity contribution is 5.87. The molecule has 2 N–H and O–H groups in total. The van der Waals surface area contributed by atoms with Crippen LogP contribution < -0.4 is 5.32 Å². The third-order valence-electron chi connectivity index (χ3n) is 5.09. The molecule has 5 atom stereocenters. The fraction of sp³-hybridized carbons (Fsp3) is 0.750. The van der Waals surface area contributed by atoms with E-state index in [1.54, 1.807) is 0 Å².